The first-order valence-electron chi connectivity index (χ1n) is 8.33. The number of aryl methyl sites for hydroxylation is 1. The fraction of sp³-hybridized carbons (Fsp3) is 0.350. The van der Waals surface area contributed by atoms with E-state index in [9.17, 15) is 4.79 Å². The number of carbonyl (C=O) groups is 1. The van der Waals surface area contributed by atoms with Crippen LogP contribution >= 0.6 is 0 Å². The number of aromatic nitrogens is 1. The van der Waals surface area contributed by atoms with Gasteiger partial charge < -0.3 is 10.6 Å². The Morgan fingerprint density at radius 3 is 2.52 bits per heavy atom. The fourth-order valence-corrected chi connectivity index (χ4v) is 2.42. The van der Waals surface area contributed by atoms with Crippen molar-refractivity contribution in [1.29, 1.82) is 5.26 Å². The highest BCUT2D eigenvalue weighted by molar-refractivity contribution is 5.86. The van der Waals surface area contributed by atoms with Crippen molar-refractivity contribution in [2.45, 2.75) is 45.2 Å². The number of hydrogen-bond donors (Lipinski definition) is 2. The van der Waals surface area contributed by atoms with Crippen LogP contribution < -0.4 is 10.6 Å². The summed E-state index contributed by atoms with van der Waals surface area (Å²) in [5.74, 6) is -0.103. The van der Waals surface area contributed by atoms with E-state index >= 15 is 0 Å². The Hall–Kier alpha value is -2.87. The topological polar surface area (TPSA) is 77.8 Å². The zero-order valence-corrected chi connectivity index (χ0v) is 14.9. The molecular formula is C20H24N4O. The summed E-state index contributed by atoms with van der Waals surface area (Å²) in [6.45, 7) is 5.86. The summed E-state index contributed by atoms with van der Waals surface area (Å²) in [6, 6.07) is 13.1. The summed E-state index contributed by atoms with van der Waals surface area (Å²) in [5.41, 5.74) is 2.43. The minimum Gasteiger partial charge on any atom is -0.370 e. The Bertz CT molecular complexity index is 727. The van der Waals surface area contributed by atoms with Gasteiger partial charge >= 0.3 is 0 Å². The van der Waals surface area contributed by atoms with Gasteiger partial charge in [-0.25, -0.2) is 0 Å². The maximum Gasteiger partial charge on any atom is 0.247 e. The lowest BCUT2D eigenvalue weighted by Crippen LogP contribution is -2.44. The van der Waals surface area contributed by atoms with Gasteiger partial charge in [0.2, 0.25) is 5.91 Å². The number of pyridine rings is 1. The molecule has 2 N–H and O–H groups in total. The molecule has 0 radical (unpaired) electrons. The van der Waals surface area contributed by atoms with Crippen molar-refractivity contribution in [1.82, 2.24) is 10.3 Å². The van der Waals surface area contributed by atoms with Crippen molar-refractivity contribution in [2.24, 2.45) is 0 Å². The number of hydrogen-bond acceptors (Lipinski definition) is 4. The molecule has 130 valence electrons. The van der Waals surface area contributed by atoms with Gasteiger partial charge in [0.15, 0.2) is 0 Å². The average Bonchev–Trinajstić information content (AvgIpc) is 2.58. The monoisotopic (exact) mass is 336 g/mol. The lowest BCUT2D eigenvalue weighted by molar-refractivity contribution is -0.123. The maximum absolute atomic E-state index is 12.7. The van der Waals surface area contributed by atoms with Crippen LogP contribution in [0.3, 0.4) is 0 Å². The molecule has 2 rings (SSSR count). The number of amides is 1. The normalized spacial score (nSPS) is 12.1. The van der Waals surface area contributed by atoms with Gasteiger partial charge in [-0.2, -0.15) is 5.26 Å². The smallest absolute Gasteiger partial charge is 0.247 e. The summed E-state index contributed by atoms with van der Waals surface area (Å²) in [6.07, 6.45) is 4.61. The van der Waals surface area contributed by atoms with E-state index in [0.717, 1.165) is 23.2 Å². The Kier molecular flexibility index (Phi) is 6.13. The van der Waals surface area contributed by atoms with Crippen molar-refractivity contribution < 1.29 is 4.79 Å². The van der Waals surface area contributed by atoms with E-state index in [1.54, 1.807) is 12.4 Å². The van der Waals surface area contributed by atoms with Crippen LogP contribution in [-0.4, -0.2) is 16.4 Å². The lowest BCUT2D eigenvalue weighted by Gasteiger charge is -2.26. The van der Waals surface area contributed by atoms with Crippen LogP contribution in [-0.2, 0) is 11.2 Å². The summed E-state index contributed by atoms with van der Waals surface area (Å²) < 4.78 is 0. The number of benzene rings is 1. The molecule has 1 atom stereocenters. The Balaban J connectivity index is 2.19. The molecule has 0 saturated heterocycles. The number of carbonyl (C=O) groups excluding carboxylic acids is 1. The number of nitrogens with one attached hydrogen (secondary N) is 2. The molecule has 1 amide bonds. The summed E-state index contributed by atoms with van der Waals surface area (Å²) >= 11 is 0. The second-order valence-corrected chi connectivity index (χ2v) is 6.96. The molecule has 5 heteroatoms. The molecule has 0 aliphatic rings. The zero-order chi connectivity index (χ0) is 18.3. The Morgan fingerprint density at radius 2 is 1.96 bits per heavy atom. The van der Waals surface area contributed by atoms with Crippen LogP contribution in [0.25, 0.3) is 0 Å². The molecule has 0 fully saturated rings. The second-order valence-electron chi connectivity index (χ2n) is 6.96. The van der Waals surface area contributed by atoms with Crippen LogP contribution in [0, 0.1) is 11.3 Å². The third-order valence-electron chi connectivity index (χ3n) is 3.57. The molecule has 2 aromatic rings. The second kappa shape index (κ2) is 8.29. The van der Waals surface area contributed by atoms with Crippen LogP contribution in [0.2, 0.25) is 0 Å². The first kappa shape index (κ1) is 18.5. The maximum atomic E-state index is 12.7. The molecule has 5 nitrogen and oxygen atoms in total. The number of rotatable bonds is 6. The van der Waals surface area contributed by atoms with Gasteiger partial charge in [0, 0.05) is 35.6 Å². The van der Waals surface area contributed by atoms with E-state index in [2.05, 4.69) is 21.7 Å². The van der Waals surface area contributed by atoms with Crippen LogP contribution in [0.15, 0.2) is 48.8 Å². The highest BCUT2D eigenvalue weighted by Crippen LogP contribution is 2.21. The molecule has 1 unspecified atom stereocenters. The number of nitrogens with zero attached hydrogens (tertiary/aromatic N) is 2. The highest BCUT2D eigenvalue weighted by atomic mass is 16.2. The highest BCUT2D eigenvalue weighted by Gasteiger charge is 2.24. The van der Waals surface area contributed by atoms with Crippen molar-refractivity contribution in [3.8, 4) is 6.07 Å². The molecule has 0 spiro atoms. The largest absolute Gasteiger partial charge is 0.370 e. The van der Waals surface area contributed by atoms with E-state index in [1.807, 2.05) is 57.2 Å². The van der Waals surface area contributed by atoms with Gasteiger partial charge in [0.25, 0.3) is 0 Å². The molecule has 1 aromatic heterocycles. The van der Waals surface area contributed by atoms with Crippen molar-refractivity contribution in [3.05, 3.63) is 59.9 Å². The lowest BCUT2D eigenvalue weighted by atomic mass is 10.0. The molecule has 0 saturated carbocycles. The van der Waals surface area contributed by atoms with Crippen molar-refractivity contribution >= 4 is 11.6 Å². The van der Waals surface area contributed by atoms with E-state index in [-0.39, 0.29) is 11.4 Å². The molecule has 0 aliphatic carbocycles. The molecule has 1 aromatic carbocycles. The number of nitriles is 1. The van der Waals surface area contributed by atoms with Crippen LogP contribution in [0.4, 0.5) is 5.69 Å². The average molecular weight is 336 g/mol. The summed E-state index contributed by atoms with van der Waals surface area (Å²) in [7, 11) is 0. The van der Waals surface area contributed by atoms with Gasteiger partial charge in [-0.05, 0) is 51.0 Å². The summed E-state index contributed by atoms with van der Waals surface area (Å²) in [5, 5.41) is 15.0. The van der Waals surface area contributed by atoms with Gasteiger partial charge in [-0.1, -0.05) is 18.2 Å². The van der Waals surface area contributed by atoms with Gasteiger partial charge in [0.05, 0.1) is 6.07 Å². The quantitative estimate of drug-likeness (QED) is 0.845. The van der Waals surface area contributed by atoms with Crippen LogP contribution in [0.5, 0.6) is 0 Å². The van der Waals surface area contributed by atoms with E-state index < -0.39 is 6.04 Å². The third-order valence-corrected chi connectivity index (χ3v) is 3.57. The van der Waals surface area contributed by atoms with E-state index in [1.165, 1.54) is 0 Å². The fourth-order valence-electron chi connectivity index (χ4n) is 2.42. The molecule has 1 heterocycles. The molecule has 25 heavy (non-hydrogen) atoms. The van der Waals surface area contributed by atoms with E-state index in [0.29, 0.717) is 6.42 Å². The van der Waals surface area contributed by atoms with Crippen molar-refractivity contribution in [2.75, 3.05) is 5.32 Å². The third kappa shape index (κ3) is 5.92. The zero-order valence-electron chi connectivity index (χ0n) is 14.9. The molecule has 0 aliphatic heterocycles. The van der Waals surface area contributed by atoms with Crippen LogP contribution in [0.1, 0.15) is 44.4 Å². The standard InChI is InChI=1S/C20H24N4O/c1-20(2,3)24-19(25)18(16-7-5-13-22-14-16)23-17-10-8-15(9-11-17)6-4-12-21/h5,7-11,13-14,18,23H,4,6H2,1-3H3,(H,24,25). The van der Waals surface area contributed by atoms with E-state index in [4.69, 9.17) is 5.26 Å². The Morgan fingerprint density at radius 1 is 1.24 bits per heavy atom. The number of anilines is 1. The summed E-state index contributed by atoms with van der Waals surface area (Å²) in [4.78, 5) is 16.9. The van der Waals surface area contributed by atoms with Gasteiger partial charge in [0.1, 0.15) is 6.04 Å². The first-order valence-corrected chi connectivity index (χ1v) is 8.33. The SMILES string of the molecule is CC(C)(C)NC(=O)C(Nc1ccc(CCC#N)cc1)c1cccnc1. The minimum atomic E-state index is -0.530. The molecule has 0 bridgehead atoms. The van der Waals surface area contributed by atoms with Gasteiger partial charge in [-0.3, -0.25) is 9.78 Å². The predicted molar refractivity (Wildman–Crippen MR) is 98.9 cm³/mol. The minimum absolute atomic E-state index is 0.103. The van der Waals surface area contributed by atoms with Crippen molar-refractivity contribution in [3.63, 3.8) is 0 Å². The molecular weight excluding hydrogens is 312 g/mol. The predicted octanol–water partition coefficient (Wildman–Crippen LogP) is 3.61. The first-order chi connectivity index (χ1) is 11.9. The Labute approximate surface area is 149 Å². The van der Waals surface area contributed by atoms with Gasteiger partial charge in [-0.15, -0.1) is 0 Å².